The zero-order valence-electron chi connectivity index (χ0n) is 11.0. The van der Waals surface area contributed by atoms with Gasteiger partial charge >= 0.3 is 0 Å². The standard InChI is InChI=1S/C15H19NO3/c17-13-11-4-7-18-14(11)12(8-9-2-1-5-16-9)10-3-6-19-15(10)13/h9,16-17H,1-8H2. The molecular weight excluding hydrogens is 242 g/mol. The number of nitrogens with one attached hydrogen (secondary N) is 1. The molecule has 3 aliphatic heterocycles. The maximum atomic E-state index is 10.3. The number of rotatable bonds is 2. The second-order valence-corrected chi connectivity index (χ2v) is 5.64. The Morgan fingerprint density at radius 2 is 1.89 bits per heavy atom. The van der Waals surface area contributed by atoms with Crippen LogP contribution in [0.3, 0.4) is 0 Å². The van der Waals surface area contributed by atoms with Gasteiger partial charge in [0.25, 0.3) is 0 Å². The van der Waals surface area contributed by atoms with Crippen molar-refractivity contribution >= 4 is 0 Å². The molecule has 1 aromatic rings. The van der Waals surface area contributed by atoms with Crippen LogP contribution in [0.5, 0.6) is 17.2 Å². The molecule has 2 N–H and O–H groups in total. The number of ether oxygens (including phenoxy) is 2. The Kier molecular flexibility index (Phi) is 2.58. The first-order valence-electron chi connectivity index (χ1n) is 7.23. The molecule has 0 saturated carbocycles. The third-order valence-electron chi connectivity index (χ3n) is 4.50. The molecule has 1 unspecified atom stereocenters. The largest absolute Gasteiger partial charge is 0.504 e. The molecule has 4 rings (SSSR count). The summed E-state index contributed by atoms with van der Waals surface area (Å²) in [5.41, 5.74) is 3.40. The highest BCUT2D eigenvalue weighted by Crippen LogP contribution is 2.48. The fourth-order valence-electron chi connectivity index (χ4n) is 3.57. The molecule has 3 heterocycles. The summed E-state index contributed by atoms with van der Waals surface area (Å²) >= 11 is 0. The van der Waals surface area contributed by atoms with Crippen LogP contribution in [-0.4, -0.2) is 30.9 Å². The smallest absolute Gasteiger partial charge is 0.165 e. The van der Waals surface area contributed by atoms with Crippen LogP contribution in [0, 0.1) is 0 Å². The summed E-state index contributed by atoms with van der Waals surface area (Å²) in [6.07, 6.45) is 5.16. The van der Waals surface area contributed by atoms with Gasteiger partial charge in [0.15, 0.2) is 11.5 Å². The van der Waals surface area contributed by atoms with Gasteiger partial charge in [0, 0.05) is 35.6 Å². The number of aromatic hydroxyl groups is 1. The summed E-state index contributed by atoms with van der Waals surface area (Å²) in [7, 11) is 0. The molecule has 0 aromatic heterocycles. The van der Waals surface area contributed by atoms with Crippen LogP contribution in [0.1, 0.15) is 29.5 Å². The molecule has 1 fully saturated rings. The van der Waals surface area contributed by atoms with Gasteiger partial charge in [0.05, 0.1) is 13.2 Å². The first kappa shape index (κ1) is 11.4. The number of fused-ring (bicyclic) bond motifs is 2. The van der Waals surface area contributed by atoms with E-state index >= 15 is 0 Å². The Labute approximate surface area is 112 Å². The highest BCUT2D eigenvalue weighted by atomic mass is 16.5. The van der Waals surface area contributed by atoms with Crippen molar-refractivity contribution in [3.05, 3.63) is 16.7 Å². The average Bonchev–Trinajstić information content (AvgIpc) is 3.13. The van der Waals surface area contributed by atoms with Crippen molar-refractivity contribution in [1.82, 2.24) is 5.32 Å². The van der Waals surface area contributed by atoms with E-state index in [-0.39, 0.29) is 0 Å². The van der Waals surface area contributed by atoms with Gasteiger partial charge in [-0.1, -0.05) is 0 Å². The van der Waals surface area contributed by atoms with Crippen LogP contribution in [0.15, 0.2) is 0 Å². The van der Waals surface area contributed by atoms with Crippen LogP contribution < -0.4 is 14.8 Å². The topological polar surface area (TPSA) is 50.7 Å². The van der Waals surface area contributed by atoms with Gasteiger partial charge in [-0.2, -0.15) is 0 Å². The summed E-state index contributed by atoms with van der Waals surface area (Å²) in [6.45, 7) is 2.47. The minimum Gasteiger partial charge on any atom is -0.504 e. The number of hydrogen-bond acceptors (Lipinski definition) is 4. The van der Waals surface area contributed by atoms with Gasteiger partial charge in [0.2, 0.25) is 0 Å². The van der Waals surface area contributed by atoms with Crippen molar-refractivity contribution in [3.8, 4) is 17.2 Å². The fourth-order valence-corrected chi connectivity index (χ4v) is 3.57. The zero-order chi connectivity index (χ0) is 12.8. The second-order valence-electron chi connectivity index (χ2n) is 5.64. The Morgan fingerprint density at radius 3 is 2.68 bits per heavy atom. The van der Waals surface area contributed by atoms with E-state index in [1.807, 2.05) is 0 Å². The van der Waals surface area contributed by atoms with Crippen molar-refractivity contribution in [2.45, 2.75) is 38.1 Å². The molecular formula is C15H19NO3. The summed E-state index contributed by atoms with van der Waals surface area (Å²) in [5.74, 6) is 1.98. The molecule has 4 nitrogen and oxygen atoms in total. The van der Waals surface area contributed by atoms with Gasteiger partial charge in [-0.25, -0.2) is 0 Å². The predicted molar refractivity (Wildman–Crippen MR) is 71.2 cm³/mol. The third kappa shape index (κ3) is 1.70. The zero-order valence-corrected chi connectivity index (χ0v) is 11.0. The lowest BCUT2D eigenvalue weighted by molar-refractivity contribution is 0.333. The van der Waals surface area contributed by atoms with Crippen molar-refractivity contribution in [3.63, 3.8) is 0 Å². The van der Waals surface area contributed by atoms with Crippen LogP contribution >= 0.6 is 0 Å². The second kappa shape index (κ2) is 4.30. The molecule has 0 aliphatic carbocycles. The molecule has 1 atom stereocenters. The third-order valence-corrected chi connectivity index (χ3v) is 4.50. The number of hydrogen-bond donors (Lipinski definition) is 2. The van der Waals surface area contributed by atoms with Gasteiger partial charge < -0.3 is 19.9 Å². The molecule has 1 aromatic carbocycles. The fraction of sp³-hybridized carbons (Fsp3) is 0.600. The van der Waals surface area contributed by atoms with E-state index in [0.717, 1.165) is 42.9 Å². The van der Waals surface area contributed by atoms with E-state index in [1.54, 1.807) is 0 Å². The summed E-state index contributed by atoms with van der Waals surface area (Å²) in [4.78, 5) is 0. The number of benzene rings is 1. The first-order valence-corrected chi connectivity index (χ1v) is 7.23. The van der Waals surface area contributed by atoms with Gasteiger partial charge in [-0.3, -0.25) is 0 Å². The average molecular weight is 261 g/mol. The Balaban J connectivity index is 1.80. The maximum absolute atomic E-state index is 10.3. The Morgan fingerprint density at radius 1 is 1.11 bits per heavy atom. The molecule has 0 radical (unpaired) electrons. The molecule has 0 spiro atoms. The van der Waals surface area contributed by atoms with Crippen molar-refractivity contribution < 1.29 is 14.6 Å². The molecule has 102 valence electrons. The lowest BCUT2D eigenvalue weighted by Crippen LogP contribution is -2.24. The lowest BCUT2D eigenvalue weighted by atomic mass is 9.93. The van der Waals surface area contributed by atoms with Gasteiger partial charge in [0.1, 0.15) is 5.75 Å². The molecule has 3 aliphatic rings. The van der Waals surface area contributed by atoms with Crippen molar-refractivity contribution in [2.24, 2.45) is 0 Å². The summed E-state index contributed by atoms with van der Waals surface area (Å²) in [5, 5.41) is 13.8. The predicted octanol–water partition coefficient (Wildman–Crippen LogP) is 1.56. The molecule has 0 amide bonds. The molecule has 1 saturated heterocycles. The Bertz CT molecular complexity index is 486. The SMILES string of the molecule is Oc1c2c(c(CC3CCCN3)c3c1OCC3)OCC2. The molecule has 19 heavy (non-hydrogen) atoms. The van der Waals surface area contributed by atoms with Crippen LogP contribution in [0.2, 0.25) is 0 Å². The minimum atomic E-state index is 0.322. The van der Waals surface area contributed by atoms with E-state index < -0.39 is 0 Å². The molecule has 4 heteroatoms. The Hall–Kier alpha value is -1.42. The summed E-state index contributed by atoms with van der Waals surface area (Å²) in [6, 6.07) is 0.544. The quantitative estimate of drug-likeness (QED) is 0.848. The molecule has 0 bridgehead atoms. The van der Waals surface area contributed by atoms with E-state index in [1.165, 1.54) is 24.0 Å². The number of phenols is 1. The van der Waals surface area contributed by atoms with E-state index in [2.05, 4.69) is 5.32 Å². The van der Waals surface area contributed by atoms with Crippen molar-refractivity contribution in [2.75, 3.05) is 19.8 Å². The normalized spacial score (nSPS) is 23.9. The monoisotopic (exact) mass is 261 g/mol. The number of phenolic OH excluding ortho intramolecular Hbond substituents is 1. The van der Waals surface area contributed by atoms with Crippen LogP contribution in [-0.2, 0) is 19.3 Å². The maximum Gasteiger partial charge on any atom is 0.165 e. The van der Waals surface area contributed by atoms with Gasteiger partial charge in [-0.05, 0) is 25.8 Å². The van der Waals surface area contributed by atoms with E-state index in [9.17, 15) is 5.11 Å². The highest BCUT2D eigenvalue weighted by Gasteiger charge is 2.32. The van der Waals surface area contributed by atoms with E-state index in [0.29, 0.717) is 25.0 Å². The highest BCUT2D eigenvalue weighted by molar-refractivity contribution is 5.65. The lowest BCUT2D eigenvalue weighted by Gasteiger charge is -2.17. The van der Waals surface area contributed by atoms with E-state index in [4.69, 9.17) is 9.47 Å². The summed E-state index contributed by atoms with van der Waals surface area (Å²) < 4.78 is 11.4. The first-order chi connectivity index (χ1) is 9.34. The van der Waals surface area contributed by atoms with Crippen molar-refractivity contribution in [1.29, 1.82) is 0 Å². The van der Waals surface area contributed by atoms with Crippen LogP contribution in [0.4, 0.5) is 0 Å². The van der Waals surface area contributed by atoms with Gasteiger partial charge in [-0.15, -0.1) is 0 Å². The minimum absolute atomic E-state index is 0.322. The van der Waals surface area contributed by atoms with Crippen LogP contribution in [0.25, 0.3) is 0 Å².